The highest BCUT2D eigenvalue weighted by molar-refractivity contribution is 8.00. The van der Waals surface area contributed by atoms with Gasteiger partial charge in [0.25, 0.3) is 0 Å². The van der Waals surface area contributed by atoms with E-state index in [1.165, 1.54) is 11.8 Å². The minimum Gasteiger partial charge on any atom is -0.350 e. The van der Waals surface area contributed by atoms with Crippen molar-refractivity contribution in [1.82, 2.24) is 10.2 Å². The van der Waals surface area contributed by atoms with Crippen LogP contribution in [0.25, 0.3) is 0 Å². The van der Waals surface area contributed by atoms with Gasteiger partial charge in [0.2, 0.25) is 11.8 Å². The molecule has 1 N–H and O–H groups in total. The molecule has 2 rings (SSSR count). The van der Waals surface area contributed by atoms with Crippen molar-refractivity contribution in [3.63, 3.8) is 0 Å². The molecule has 29 heavy (non-hydrogen) atoms. The van der Waals surface area contributed by atoms with Crippen molar-refractivity contribution in [3.8, 4) is 0 Å². The van der Waals surface area contributed by atoms with Crippen molar-refractivity contribution in [2.75, 3.05) is 5.75 Å². The van der Waals surface area contributed by atoms with E-state index < -0.39 is 11.6 Å². The lowest BCUT2D eigenvalue weighted by Crippen LogP contribution is -2.52. The van der Waals surface area contributed by atoms with Crippen molar-refractivity contribution in [2.45, 2.75) is 50.7 Å². The third-order valence-electron chi connectivity index (χ3n) is 4.13. The fourth-order valence-corrected chi connectivity index (χ4v) is 3.91. The van der Waals surface area contributed by atoms with Crippen LogP contribution in [-0.2, 0) is 16.1 Å². The Bertz CT molecular complexity index is 854. The summed E-state index contributed by atoms with van der Waals surface area (Å²) in [4.78, 5) is 28.4. The molecule has 0 aliphatic heterocycles. The average molecular weight is 453 g/mol. The summed E-state index contributed by atoms with van der Waals surface area (Å²) in [5.74, 6) is -0.121. The number of nitrogens with one attached hydrogen (secondary N) is 1. The van der Waals surface area contributed by atoms with Crippen molar-refractivity contribution in [2.24, 2.45) is 0 Å². The molecule has 4 nitrogen and oxygen atoms in total. The Morgan fingerprint density at radius 1 is 1.10 bits per heavy atom. The predicted molar refractivity (Wildman–Crippen MR) is 122 cm³/mol. The summed E-state index contributed by atoms with van der Waals surface area (Å²) in [6, 6.07) is 14.2. The van der Waals surface area contributed by atoms with E-state index >= 15 is 0 Å². The van der Waals surface area contributed by atoms with E-state index in [-0.39, 0.29) is 24.1 Å². The van der Waals surface area contributed by atoms with Crippen LogP contribution in [0.5, 0.6) is 0 Å². The van der Waals surface area contributed by atoms with Gasteiger partial charge in [-0.1, -0.05) is 47.5 Å². The first-order chi connectivity index (χ1) is 13.6. The number of hydrogen-bond acceptors (Lipinski definition) is 3. The molecule has 2 aromatic rings. The highest BCUT2D eigenvalue weighted by Gasteiger charge is 2.28. The molecule has 0 saturated heterocycles. The van der Waals surface area contributed by atoms with Crippen LogP contribution in [0.3, 0.4) is 0 Å². The van der Waals surface area contributed by atoms with Crippen LogP contribution in [0.4, 0.5) is 0 Å². The van der Waals surface area contributed by atoms with Gasteiger partial charge in [-0.3, -0.25) is 9.59 Å². The molecule has 0 spiro atoms. The molecular weight excluding hydrogens is 427 g/mol. The normalized spacial score (nSPS) is 12.3. The standard InChI is InChI=1S/C22H26Cl2N2O2S/c1-15(21(28)25-22(2,3)4)26(13-16-10-11-17(23)12-19(16)24)20(27)14-29-18-8-6-5-7-9-18/h5-12,15H,13-14H2,1-4H3,(H,25,28)/t15-/m1/s1. The molecule has 0 aliphatic carbocycles. The number of rotatable bonds is 7. The molecule has 7 heteroatoms. The minimum absolute atomic E-state index is 0.138. The average Bonchev–Trinajstić information content (AvgIpc) is 2.64. The second-order valence-corrected chi connectivity index (χ2v) is 9.67. The molecule has 0 unspecified atom stereocenters. The fourth-order valence-electron chi connectivity index (χ4n) is 2.63. The summed E-state index contributed by atoms with van der Waals surface area (Å²) in [5, 5.41) is 3.93. The van der Waals surface area contributed by atoms with Gasteiger partial charge in [0.15, 0.2) is 0 Å². The van der Waals surface area contributed by atoms with Crippen LogP contribution in [0.15, 0.2) is 53.4 Å². The molecule has 0 bridgehead atoms. The summed E-state index contributed by atoms with van der Waals surface area (Å²) in [5.41, 5.74) is 0.348. The van der Waals surface area contributed by atoms with E-state index in [1.807, 2.05) is 51.1 Å². The van der Waals surface area contributed by atoms with E-state index in [1.54, 1.807) is 30.0 Å². The van der Waals surface area contributed by atoms with Crippen LogP contribution in [0.1, 0.15) is 33.3 Å². The Hall–Kier alpha value is -1.69. The molecule has 2 amide bonds. The Morgan fingerprint density at radius 2 is 1.76 bits per heavy atom. The van der Waals surface area contributed by atoms with Gasteiger partial charge in [-0.25, -0.2) is 0 Å². The first-order valence-electron chi connectivity index (χ1n) is 9.30. The van der Waals surface area contributed by atoms with Gasteiger partial charge in [-0.2, -0.15) is 0 Å². The smallest absolute Gasteiger partial charge is 0.242 e. The third kappa shape index (κ3) is 7.57. The fraction of sp³-hybridized carbons (Fsp3) is 0.364. The highest BCUT2D eigenvalue weighted by Crippen LogP contribution is 2.24. The largest absolute Gasteiger partial charge is 0.350 e. The van der Waals surface area contributed by atoms with E-state index in [2.05, 4.69) is 5.32 Å². The molecule has 156 valence electrons. The van der Waals surface area contributed by atoms with Gasteiger partial charge in [0.05, 0.1) is 5.75 Å². The molecular formula is C22H26Cl2N2O2S. The Kier molecular flexibility index (Phi) is 8.44. The molecule has 0 radical (unpaired) electrons. The quantitative estimate of drug-likeness (QED) is 0.570. The summed E-state index contributed by atoms with van der Waals surface area (Å²) in [7, 11) is 0. The number of amides is 2. The first-order valence-corrected chi connectivity index (χ1v) is 11.0. The number of nitrogens with zero attached hydrogens (tertiary/aromatic N) is 1. The topological polar surface area (TPSA) is 49.4 Å². The van der Waals surface area contributed by atoms with E-state index in [0.717, 1.165) is 10.5 Å². The number of hydrogen-bond donors (Lipinski definition) is 1. The zero-order chi connectivity index (χ0) is 21.6. The van der Waals surface area contributed by atoms with Gasteiger partial charge < -0.3 is 10.2 Å². The Balaban J connectivity index is 2.21. The molecule has 0 heterocycles. The lowest BCUT2D eigenvalue weighted by molar-refractivity contribution is -0.139. The molecule has 0 aromatic heterocycles. The minimum atomic E-state index is -0.648. The molecule has 0 saturated carbocycles. The van der Waals surface area contributed by atoms with Crippen molar-refractivity contribution >= 4 is 46.8 Å². The molecule has 1 atom stereocenters. The van der Waals surface area contributed by atoms with Gasteiger partial charge in [0.1, 0.15) is 6.04 Å². The Morgan fingerprint density at radius 3 is 2.34 bits per heavy atom. The Labute approximate surface area is 187 Å². The number of halogens is 2. The van der Waals surface area contributed by atoms with Gasteiger partial charge in [0, 0.05) is 27.0 Å². The second kappa shape index (κ2) is 10.4. The first kappa shape index (κ1) is 23.6. The zero-order valence-electron chi connectivity index (χ0n) is 17.0. The summed E-state index contributed by atoms with van der Waals surface area (Å²) in [6.45, 7) is 7.68. The maximum Gasteiger partial charge on any atom is 0.242 e. The molecule has 2 aromatic carbocycles. The number of carbonyl (C=O) groups excluding carboxylic acids is 2. The van der Waals surface area contributed by atoms with Crippen LogP contribution in [-0.4, -0.2) is 34.0 Å². The number of thioether (sulfide) groups is 1. The van der Waals surface area contributed by atoms with Crippen molar-refractivity contribution < 1.29 is 9.59 Å². The lowest BCUT2D eigenvalue weighted by Gasteiger charge is -2.31. The van der Waals surface area contributed by atoms with Crippen LogP contribution >= 0.6 is 35.0 Å². The van der Waals surface area contributed by atoms with E-state index in [9.17, 15) is 9.59 Å². The summed E-state index contributed by atoms with van der Waals surface area (Å²) >= 11 is 13.7. The highest BCUT2D eigenvalue weighted by atomic mass is 35.5. The SMILES string of the molecule is C[C@H](C(=O)NC(C)(C)C)N(Cc1ccc(Cl)cc1Cl)C(=O)CSc1ccccc1. The summed E-state index contributed by atoms with van der Waals surface area (Å²) in [6.07, 6.45) is 0. The van der Waals surface area contributed by atoms with Gasteiger partial charge >= 0.3 is 0 Å². The zero-order valence-corrected chi connectivity index (χ0v) is 19.4. The van der Waals surface area contributed by atoms with Crippen LogP contribution < -0.4 is 5.32 Å². The monoisotopic (exact) mass is 452 g/mol. The lowest BCUT2D eigenvalue weighted by atomic mass is 10.1. The van der Waals surface area contributed by atoms with E-state index in [4.69, 9.17) is 23.2 Å². The number of benzene rings is 2. The van der Waals surface area contributed by atoms with Crippen LogP contribution in [0.2, 0.25) is 10.0 Å². The number of carbonyl (C=O) groups is 2. The predicted octanol–water partition coefficient (Wildman–Crippen LogP) is 5.42. The van der Waals surface area contributed by atoms with Gasteiger partial charge in [-0.15, -0.1) is 11.8 Å². The van der Waals surface area contributed by atoms with Crippen molar-refractivity contribution in [3.05, 3.63) is 64.1 Å². The van der Waals surface area contributed by atoms with Crippen molar-refractivity contribution in [1.29, 1.82) is 0 Å². The maximum atomic E-state index is 13.1. The van der Waals surface area contributed by atoms with Gasteiger partial charge in [-0.05, 0) is 57.5 Å². The van der Waals surface area contributed by atoms with E-state index in [0.29, 0.717) is 10.0 Å². The molecule has 0 fully saturated rings. The maximum absolute atomic E-state index is 13.1. The molecule has 0 aliphatic rings. The van der Waals surface area contributed by atoms with Crippen LogP contribution in [0, 0.1) is 0 Å². The summed E-state index contributed by atoms with van der Waals surface area (Å²) < 4.78 is 0. The second-order valence-electron chi connectivity index (χ2n) is 7.77. The third-order valence-corrected chi connectivity index (χ3v) is 5.71.